The van der Waals surface area contributed by atoms with Crippen molar-refractivity contribution in [3.05, 3.63) is 89.5 Å². The fourth-order valence-electron chi connectivity index (χ4n) is 2.79. The lowest BCUT2D eigenvalue weighted by atomic mass is 10.1. The van der Waals surface area contributed by atoms with E-state index in [9.17, 15) is 9.59 Å². The van der Waals surface area contributed by atoms with Crippen LogP contribution in [-0.2, 0) is 16.1 Å². The Kier molecular flexibility index (Phi) is 6.01. The molecule has 7 heteroatoms. The summed E-state index contributed by atoms with van der Waals surface area (Å²) < 4.78 is 10.6. The molecule has 2 aromatic heterocycles. The van der Waals surface area contributed by atoms with Gasteiger partial charge in [-0.05, 0) is 17.7 Å². The standard InChI is InChI=1S/C23H18N2O4S/c26-19(29-15-16-8-3-1-4-9-16)14-24-22(27)21-20(17-10-5-2-6-11-17)25-23(30-21)18-12-7-13-28-18/h1-13H,14-15H2,(H,24,27). The molecule has 0 bridgehead atoms. The maximum absolute atomic E-state index is 12.8. The van der Waals surface area contributed by atoms with Gasteiger partial charge in [-0.2, -0.15) is 0 Å². The highest BCUT2D eigenvalue weighted by Gasteiger charge is 2.21. The Morgan fingerprint density at radius 2 is 1.70 bits per heavy atom. The molecule has 0 spiro atoms. The molecule has 150 valence electrons. The van der Waals surface area contributed by atoms with Crippen LogP contribution < -0.4 is 5.32 Å². The maximum atomic E-state index is 12.8. The van der Waals surface area contributed by atoms with Crippen molar-refractivity contribution in [1.29, 1.82) is 0 Å². The van der Waals surface area contributed by atoms with E-state index >= 15 is 0 Å². The fourth-order valence-corrected chi connectivity index (χ4v) is 3.77. The van der Waals surface area contributed by atoms with Gasteiger partial charge in [0.1, 0.15) is 18.0 Å². The van der Waals surface area contributed by atoms with Crippen molar-refractivity contribution in [1.82, 2.24) is 10.3 Å². The number of benzene rings is 2. The fraction of sp³-hybridized carbons (Fsp3) is 0.0870. The molecular formula is C23H18N2O4S. The number of carbonyl (C=O) groups excluding carboxylic acids is 2. The number of carbonyl (C=O) groups is 2. The summed E-state index contributed by atoms with van der Waals surface area (Å²) in [5.74, 6) is -0.316. The van der Waals surface area contributed by atoms with Crippen molar-refractivity contribution in [2.75, 3.05) is 6.54 Å². The second-order valence-corrected chi connectivity index (χ2v) is 7.37. The molecule has 0 radical (unpaired) electrons. The number of hydrogen-bond acceptors (Lipinski definition) is 6. The molecule has 2 heterocycles. The SMILES string of the molecule is O=C(CNC(=O)c1sc(-c2ccco2)nc1-c1ccccc1)OCc1ccccc1. The first-order valence-electron chi connectivity index (χ1n) is 9.28. The van der Waals surface area contributed by atoms with E-state index in [1.54, 1.807) is 18.4 Å². The van der Waals surface area contributed by atoms with Crippen LogP contribution in [0.15, 0.2) is 83.5 Å². The van der Waals surface area contributed by atoms with E-state index in [1.165, 1.54) is 11.3 Å². The third-order valence-corrected chi connectivity index (χ3v) is 5.32. The summed E-state index contributed by atoms with van der Waals surface area (Å²) in [7, 11) is 0. The molecule has 0 aliphatic carbocycles. The number of aromatic nitrogens is 1. The molecule has 4 aromatic rings. The molecule has 0 saturated carbocycles. The molecule has 4 rings (SSSR count). The summed E-state index contributed by atoms with van der Waals surface area (Å²) in [6.45, 7) is -0.0676. The predicted molar refractivity (Wildman–Crippen MR) is 114 cm³/mol. The van der Waals surface area contributed by atoms with Gasteiger partial charge in [-0.25, -0.2) is 4.98 Å². The normalized spacial score (nSPS) is 10.5. The van der Waals surface area contributed by atoms with Crippen LogP contribution in [0.25, 0.3) is 22.0 Å². The molecule has 0 aliphatic rings. The van der Waals surface area contributed by atoms with E-state index in [0.29, 0.717) is 21.3 Å². The number of amides is 1. The zero-order valence-electron chi connectivity index (χ0n) is 15.9. The van der Waals surface area contributed by atoms with Gasteiger partial charge in [0.25, 0.3) is 5.91 Å². The molecule has 0 atom stereocenters. The molecular weight excluding hydrogens is 400 g/mol. The summed E-state index contributed by atoms with van der Waals surface area (Å²) in [4.78, 5) is 29.9. The number of nitrogens with zero attached hydrogens (tertiary/aromatic N) is 1. The van der Waals surface area contributed by atoms with E-state index in [0.717, 1.165) is 11.1 Å². The van der Waals surface area contributed by atoms with Crippen molar-refractivity contribution in [2.24, 2.45) is 0 Å². The Hall–Kier alpha value is -3.71. The number of furan rings is 1. The van der Waals surface area contributed by atoms with Crippen molar-refractivity contribution in [2.45, 2.75) is 6.61 Å². The third-order valence-electron chi connectivity index (χ3n) is 4.25. The Labute approximate surface area is 177 Å². The summed E-state index contributed by atoms with van der Waals surface area (Å²) in [6.07, 6.45) is 1.56. The lowest BCUT2D eigenvalue weighted by Crippen LogP contribution is -2.30. The van der Waals surface area contributed by atoms with Crippen LogP contribution in [0.4, 0.5) is 0 Å². The average molecular weight is 418 g/mol. The van der Waals surface area contributed by atoms with E-state index in [2.05, 4.69) is 10.3 Å². The predicted octanol–water partition coefficient (Wildman–Crippen LogP) is 4.54. The van der Waals surface area contributed by atoms with Crippen molar-refractivity contribution >= 4 is 23.2 Å². The summed E-state index contributed by atoms with van der Waals surface area (Å²) in [6, 6.07) is 22.3. The van der Waals surface area contributed by atoms with Crippen LogP contribution >= 0.6 is 11.3 Å². The largest absolute Gasteiger partial charge is 0.462 e. The zero-order chi connectivity index (χ0) is 20.8. The van der Waals surface area contributed by atoms with Crippen LogP contribution in [0.5, 0.6) is 0 Å². The van der Waals surface area contributed by atoms with E-state index in [1.807, 2.05) is 60.7 Å². The molecule has 30 heavy (non-hydrogen) atoms. The van der Waals surface area contributed by atoms with Gasteiger partial charge in [0.2, 0.25) is 0 Å². The average Bonchev–Trinajstić information content (AvgIpc) is 3.47. The molecule has 2 aromatic carbocycles. The van der Waals surface area contributed by atoms with Crippen LogP contribution in [-0.4, -0.2) is 23.4 Å². The van der Waals surface area contributed by atoms with Crippen LogP contribution in [0, 0.1) is 0 Å². The monoisotopic (exact) mass is 418 g/mol. The minimum Gasteiger partial charge on any atom is -0.462 e. The second-order valence-electron chi connectivity index (χ2n) is 6.37. The topological polar surface area (TPSA) is 81.4 Å². The maximum Gasteiger partial charge on any atom is 0.325 e. The lowest BCUT2D eigenvalue weighted by Gasteiger charge is -2.07. The van der Waals surface area contributed by atoms with Gasteiger partial charge in [0.05, 0.1) is 12.0 Å². The van der Waals surface area contributed by atoms with Crippen molar-refractivity contribution < 1.29 is 18.7 Å². The first-order chi connectivity index (χ1) is 14.7. The number of esters is 1. The highest BCUT2D eigenvalue weighted by molar-refractivity contribution is 7.17. The number of rotatable bonds is 7. The Morgan fingerprint density at radius 3 is 2.40 bits per heavy atom. The van der Waals surface area contributed by atoms with Gasteiger partial charge in [0, 0.05) is 5.56 Å². The highest BCUT2D eigenvalue weighted by atomic mass is 32.1. The van der Waals surface area contributed by atoms with Gasteiger partial charge >= 0.3 is 5.97 Å². The molecule has 1 N–H and O–H groups in total. The van der Waals surface area contributed by atoms with Gasteiger partial charge in [-0.1, -0.05) is 60.7 Å². The lowest BCUT2D eigenvalue weighted by molar-refractivity contribution is -0.143. The third kappa shape index (κ3) is 4.64. The molecule has 0 fully saturated rings. The van der Waals surface area contributed by atoms with Crippen LogP contribution in [0.1, 0.15) is 15.2 Å². The van der Waals surface area contributed by atoms with Gasteiger partial charge < -0.3 is 14.5 Å². The van der Waals surface area contributed by atoms with Crippen LogP contribution in [0.3, 0.4) is 0 Å². The summed E-state index contributed by atoms with van der Waals surface area (Å²) in [5.41, 5.74) is 2.24. The Bertz CT molecular complexity index is 1120. The smallest absolute Gasteiger partial charge is 0.325 e. The minimum atomic E-state index is -0.510. The molecule has 1 amide bonds. The van der Waals surface area contributed by atoms with Crippen molar-refractivity contribution in [3.63, 3.8) is 0 Å². The number of hydrogen-bond donors (Lipinski definition) is 1. The summed E-state index contributed by atoms with van der Waals surface area (Å²) in [5, 5.41) is 3.22. The molecule has 0 aliphatic heterocycles. The van der Waals surface area contributed by atoms with E-state index < -0.39 is 5.97 Å². The van der Waals surface area contributed by atoms with Gasteiger partial charge in [-0.15, -0.1) is 11.3 Å². The van der Waals surface area contributed by atoms with E-state index in [4.69, 9.17) is 9.15 Å². The highest BCUT2D eigenvalue weighted by Crippen LogP contribution is 2.34. The zero-order valence-corrected chi connectivity index (χ0v) is 16.7. The molecule has 6 nitrogen and oxygen atoms in total. The number of thiazole rings is 1. The number of nitrogens with one attached hydrogen (secondary N) is 1. The quantitative estimate of drug-likeness (QED) is 0.446. The van der Waals surface area contributed by atoms with Gasteiger partial charge in [-0.3, -0.25) is 9.59 Å². The first kappa shape index (κ1) is 19.6. The molecule has 0 unspecified atom stereocenters. The Balaban J connectivity index is 1.47. The number of ether oxygens (including phenoxy) is 1. The van der Waals surface area contributed by atoms with E-state index in [-0.39, 0.29) is 19.1 Å². The van der Waals surface area contributed by atoms with Gasteiger partial charge in [0.15, 0.2) is 10.8 Å². The van der Waals surface area contributed by atoms with Crippen molar-refractivity contribution in [3.8, 4) is 22.0 Å². The molecule has 0 saturated heterocycles. The minimum absolute atomic E-state index is 0.161. The van der Waals surface area contributed by atoms with Crippen LogP contribution in [0.2, 0.25) is 0 Å². The Morgan fingerprint density at radius 1 is 0.967 bits per heavy atom. The second kappa shape index (κ2) is 9.19. The first-order valence-corrected chi connectivity index (χ1v) is 10.1. The summed E-state index contributed by atoms with van der Waals surface area (Å²) >= 11 is 1.21.